The average Bonchev–Trinajstić information content (AvgIpc) is 2.93. The average molecular weight is 279 g/mol. The minimum atomic E-state index is -0.701. The van der Waals surface area contributed by atoms with Gasteiger partial charge in [-0.2, -0.15) is 0 Å². The van der Waals surface area contributed by atoms with Crippen LogP contribution in [0.1, 0.15) is 63.7 Å². The van der Waals surface area contributed by atoms with Crippen LogP contribution in [-0.4, -0.2) is 28.6 Å². The second-order valence-electron chi connectivity index (χ2n) is 5.91. The van der Waals surface area contributed by atoms with Gasteiger partial charge in [0.15, 0.2) is 0 Å². The summed E-state index contributed by atoms with van der Waals surface area (Å²) < 4.78 is 5.56. The van der Waals surface area contributed by atoms with Crippen LogP contribution >= 0.6 is 0 Å². The summed E-state index contributed by atoms with van der Waals surface area (Å²) in [6, 6.07) is 4.04. The Morgan fingerprint density at radius 2 is 2.15 bits per heavy atom. The molecule has 1 atom stereocenters. The third-order valence-corrected chi connectivity index (χ3v) is 4.74. The van der Waals surface area contributed by atoms with Crippen molar-refractivity contribution in [1.29, 1.82) is 0 Å². The second-order valence-corrected chi connectivity index (χ2v) is 5.91. The molecule has 0 aromatic carbocycles. The van der Waals surface area contributed by atoms with Gasteiger partial charge in [0.25, 0.3) is 0 Å². The standard InChI is InChI=1S/C16H25NO3/c1-3-13(14-8-7-11-20-14)17(2)16(12-15(18)19)9-5-4-6-10-16/h7-8,11,13H,3-6,9-10,12H2,1-2H3,(H,18,19). The van der Waals surface area contributed by atoms with E-state index in [0.717, 1.165) is 37.9 Å². The number of carboxylic acids is 1. The van der Waals surface area contributed by atoms with E-state index in [0.29, 0.717) is 0 Å². The molecule has 0 radical (unpaired) electrons. The smallest absolute Gasteiger partial charge is 0.305 e. The molecule has 20 heavy (non-hydrogen) atoms. The number of carbonyl (C=O) groups is 1. The van der Waals surface area contributed by atoms with Gasteiger partial charge in [0.1, 0.15) is 5.76 Å². The summed E-state index contributed by atoms with van der Waals surface area (Å²) in [4.78, 5) is 13.6. The van der Waals surface area contributed by atoms with Crippen LogP contribution in [0.5, 0.6) is 0 Å². The first-order valence-corrected chi connectivity index (χ1v) is 7.57. The van der Waals surface area contributed by atoms with E-state index in [-0.39, 0.29) is 18.0 Å². The first kappa shape index (κ1) is 15.1. The number of carboxylic acid groups (broad SMARTS) is 1. The number of hydrogen-bond donors (Lipinski definition) is 1. The molecule has 0 saturated heterocycles. The molecule has 1 fully saturated rings. The van der Waals surface area contributed by atoms with Gasteiger partial charge < -0.3 is 9.52 Å². The molecule has 0 aliphatic heterocycles. The maximum Gasteiger partial charge on any atom is 0.305 e. The summed E-state index contributed by atoms with van der Waals surface area (Å²) in [7, 11) is 2.06. The van der Waals surface area contributed by atoms with E-state index < -0.39 is 5.97 Å². The normalized spacial score (nSPS) is 19.9. The SMILES string of the molecule is CCC(c1ccco1)N(C)C1(CC(=O)O)CCCCC1. The lowest BCUT2D eigenvalue weighted by molar-refractivity contribution is -0.141. The van der Waals surface area contributed by atoms with Gasteiger partial charge in [0.2, 0.25) is 0 Å². The fraction of sp³-hybridized carbons (Fsp3) is 0.688. The zero-order chi connectivity index (χ0) is 14.6. The van der Waals surface area contributed by atoms with Crippen molar-refractivity contribution in [3.8, 4) is 0 Å². The largest absolute Gasteiger partial charge is 0.481 e. The fourth-order valence-electron chi connectivity index (χ4n) is 3.62. The molecular formula is C16H25NO3. The lowest BCUT2D eigenvalue weighted by atomic mass is 9.77. The number of rotatable bonds is 6. The van der Waals surface area contributed by atoms with Crippen LogP contribution in [0.3, 0.4) is 0 Å². The van der Waals surface area contributed by atoms with E-state index >= 15 is 0 Å². The Hall–Kier alpha value is -1.29. The van der Waals surface area contributed by atoms with Gasteiger partial charge in [-0.1, -0.05) is 26.2 Å². The maximum atomic E-state index is 11.3. The third kappa shape index (κ3) is 3.06. The quantitative estimate of drug-likeness (QED) is 0.859. The van der Waals surface area contributed by atoms with Gasteiger partial charge in [-0.15, -0.1) is 0 Å². The van der Waals surface area contributed by atoms with Crippen molar-refractivity contribution in [2.45, 2.75) is 63.5 Å². The van der Waals surface area contributed by atoms with E-state index in [4.69, 9.17) is 4.42 Å². The first-order valence-electron chi connectivity index (χ1n) is 7.57. The predicted molar refractivity (Wildman–Crippen MR) is 77.6 cm³/mol. The van der Waals surface area contributed by atoms with Crippen molar-refractivity contribution < 1.29 is 14.3 Å². The molecule has 1 saturated carbocycles. The predicted octanol–water partition coefficient (Wildman–Crippen LogP) is 3.84. The Labute approximate surface area is 120 Å². The molecule has 4 heteroatoms. The number of hydrogen-bond acceptors (Lipinski definition) is 3. The lowest BCUT2D eigenvalue weighted by Gasteiger charge is -2.47. The summed E-state index contributed by atoms with van der Waals surface area (Å²) in [5.74, 6) is 0.235. The molecule has 0 spiro atoms. The van der Waals surface area contributed by atoms with Crippen molar-refractivity contribution in [1.82, 2.24) is 4.90 Å². The molecule has 1 aromatic heterocycles. The molecule has 2 rings (SSSR count). The topological polar surface area (TPSA) is 53.7 Å². The van der Waals surface area contributed by atoms with E-state index in [1.807, 2.05) is 12.1 Å². The molecule has 1 aliphatic carbocycles. The highest BCUT2D eigenvalue weighted by Crippen LogP contribution is 2.41. The summed E-state index contributed by atoms with van der Waals surface area (Å²) in [5, 5.41) is 9.31. The van der Waals surface area contributed by atoms with Gasteiger partial charge in [-0.05, 0) is 38.4 Å². The van der Waals surface area contributed by atoms with Crippen LogP contribution in [0.4, 0.5) is 0 Å². The van der Waals surface area contributed by atoms with Gasteiger partial charge in [-0.25, -0.2) is 0 Å². The number of nitrogens with zero attached hydrogens (tertiary/aromatic N) is 1. The van der Waals surface area contributed by atoms with Crippen molar-refractivity contribution in [3.05, 3.63) is 24.2 Å². The molecule has 1 aliphatic rings. The monoisotopic (exact) mass is 279 g/mol. The Kier molecular flexibility index (Phi) is 4.86. The van der Waals surface area contributed by atoms with Crippen LogP contribution in [-0.2, 0) is 4.79 Å². The molecule has 0 bridgehead atoms. The van der Waals surface area contributed by atoms with Crippen LogP contribution in [0.15, 0.2) is 22.8 Å². The highest BCUT2D eigenvalue weighted by atomic mass is 16.4. The molecule has 1 unspecified atom stereocenters. The van der Waals surface area contributed by atoms with Crippen LogP contribution in [0, 0.1) is 0 Å². The zero-order valence-corrected chi connectivity index (χ0v) is 12.5. The molecule has 1 heterocycles. The third-order valence-electron chi connectivity index (χ3n) is 4.74. The van der Waals surface area contributed by atoms with Gasteiger partial charge >= 0.3 is 5.97 Å². The lowest BCUT2D eigenvalue weighted by Crippen LogP contribution is -2.50. The molecular weight excluding hydrogens is 254 g/mol. The molecule has 4 nitrogen and oxygen atoms in total. The molecule has 1 aromatic rings. The summed E-state index contributed by atoms with van der Waals surface area (Å²) >= 11 is 0. The summed E-state index contributed by atoms with van der Waals surface area (Å²) in [5.41, 5.74) is -0.225. The van der Waals surface area contributed by atoms with E-state index in [1.54, 1.807) is 6.26 Å². The van der Waals surface area contributed by atoms with Gasteiger partial charge in [0, 0.05) is 5.54 Å². The zero-order valence-electron chi connectivity index (χ0n) is 12.5. The Morgan fingerprint density at radius 3 is 2.65 bits per heavy atom. The van der Waals surface area contributed by atoms with E-state index in [2.05, 4.69) is 18.9 Å². The highest BCUT2D eigenvalue weighted by molar-refractivity contribution is 5.68. The second kappa shape index (κ2) is 6.44. The first-order chi connectivity index (χ1) is 9.59. The van der Waals surface area contributed by atoms with Gasteiger partial charge in [0.05, 0.1) is 18.7 Å². The fourth-order valence-corrected chi connectivity index (χ4v) is 3.62. The molecule has 0 amide bonds. The minimum absolute atomic E-state index is 0.155. The van der Waals surface area contributed by atoms with Crippen LogP contribution in [0.2, 0.25) is 0 Å². The van der Waals surface area contributed by atoms with Crippen molar-refractivity contribution in [2.75, 3.05) is 7.05 Å². The van der Waals surface area contributed by atoms with Crippen molar-refractivity contribution in [3.63, 3.8) is 0 Å². The minimum Gasteiger partial charge on any atom is -0.481 e. The van der Waals surface area contributed by atoms with Crippen LogP contribution < -0.4 is 0 Å². The van der Waals surface area contributed by atoms with Crippen molar-refractivity contribution >= 4 is 5.97 Å². The number of furan rings is 1. The van der Waals surface area contributed by atoms with E-state index in [1.165, 1.54) is 6.42 Å². The molecule has 112 valence electrons. The molecule has 1 N–H and O–H groups in total. The van der Waals surface area contributed by atoms with E-state index in [9.17, 15) is 9.90 Å². The Morgan fingerprint density at radius 1 is 1.45 bits per heavy atom. The van der Waals surface area contributed by atoms with Gasteiger partial charge in [-0.3, -0.25) is 9.69 Å². The number of aliphatic carboxylic acids is 1. The summed E-state index contributed by atoms with van der Waals surface area (Å²) in [6.07, 6.45) is 8.22. The van der Waals surface area contributed by atoms with Crippen molar-refractivity contribution in [2.24, 2.45) is 0 Å². The Bertz CT molecular complexity index is 421. The highest BCUT2D eigenvalue weighted by Gasteiger charge is 2.41. The van der Waals surface area contributed by atoms with Crippen LogP contribution in [0.25, 0.3) is 0 Å². The maximum absolute atomic E-state index is 11.3. The summed E-state index contributed by atoms with van der Waals surface area (Å²) in [6.45, 7) is 2.13. The Balaban J connectivity index is 2.24.